The van der Waals surface area contributed by atoms with Crippen LogP contribution < -0.4 is 9.80 Å². The fourth-order valence-electron chi connectivity index (χ4n) is 2.27. The lowest BCUT2D eigenvalue weighted by Crippen LogP contribution is -2.24. The van der Waals surface area contributed by atoms with E-state index in [1.54, 1.807) is 30.0 Å². The number of hydrogen-bond acceptors (Lipinski definition) is 9. The van der Waals surface area contributed by atoms with Crippen molar-refractivity contribution >= 4 is 28.1 Å². The van der Waals surface area contributed by atoms with Gasteiger partial charge in [0.25, 0.3) is 0 Å². The molecule has 0 amide bonds. The van der Waals surface area contributed by atoms with Crippen molar-refractivity contribution in [2.24, 2.45) is 0 Å². The second kappa shape index (κ2) is 6.89. The van der Waals surface area contributed by atoms with E-state index in [9.17, 15) is 10.1 Å². The minimum Gasteiger partial charge on any atom is -0.395 e. The van der Waals surface area contributed by atoms with Crippen molar-refractivity contribution in [2.45, 2.75) is 6.42 Å². The topological polar surface area (TPSA) is 133 Å². The van der Waals surface area contributed by atoms with E-state index < -0.39 is 4.92 Å². The van der Waals surface area contributed by atoms with Gasteiger partial charge in [-0.05, 0) is 16.4 Å². The van der Waals surface area contributed by atoms with E-state index in [1.165, 1.54) is 0 Å². The number of benzene rings is 1. The summed E-state index contributed by atoms with van der Waals surface area (Å²) in [6.45, 7) is 0.501. The van der Waals surface area contributed by atoms with Gasteiger partial charge in [-0.25, -0.2) is 4.63 Å². The number of nitro benzene ring substituents is 1. The Morgan fingerprint density at radius 2 is 1.96 bits per heavy atom. The van der Waals surface area contributed by atoms with Crippen LogP contribution in [0.25, 0.3) is 11.0 Å². The van der Waals surface area contributed by atoms with Gasteiger partial charge in [0.15, 0.2) is 5.52 Å². The molecule has 0 bridgehead atoms. The highest BCUT2D eigenvalue weighted by Gasteiger charge is 2.28. The molecular formula is C13H16N6O4. The minimum absolute atomic E-state index is 0.0381. The summed E-state index contributed by atoms with van der Waals surface area (Å²) in [5.74, 6) is 0. The number of aromatic nitrogens is 2. The van der Waals surface area contributed by atoms with Gasteiger partial charge in [0, 0.05) is 27.2 Å². The molecule has 10 heteroatoms. The number of nitrogens with zero attached hydrogens (tertiary/aromatic N) is 6. The van der Waals surface area contributed by atoms with Crippen molar-refractivity contribution in [3.63, 3.8) is 0 Å². The van der Waals surface area contributed by atoms with Crippen molar-refractivity contribution in [3.8, 4) is 6.07 Å². The van der Waals surface area contributed by atoms with Crippen LogP contribution in [0.3, 0.4) is 0 Å². The molecule has 0 aliphatic heterocycles. The van der Waals surface area contributed by atoms with E-state index in [-0.39, 0.29) is 29.9 Å². The van der Waals surface area contributed by atoms with E-state index in [1.807, 2.05) is 6.07 Å². The number of hydrogen-bond donors (Lipinski definition) is 1. The smallest absolute Gasteiger partial charge is 0.323 e. The fraction of sp³-hybridized carbons (Fsp3) is 0.462. The Bertz CT molecular complexity index is 753. The quantitative estimate of drug-likeness (QED) is 0.583. The first-order valence-electron chi connectivity index (χ1n) is 6.85. The van der Waals surface area contributed by atoms with Crippen molar-refractivity contribution in [2.75, 3.05) is 43.6 Å². The third-order valence-corrected chi connectivity index (χ3v) is 3.47. The zero-order chi connectivity index (χ0) is 17.0. The van der Waals surface area contributed by atoms with E-state index >= 15 is 0 Å². The van der Waals surface area contributed by atoms with Gasteiger partial charge in [-0.3, -0.25) is 10.1 Å². The molecule has 0 aliphatic rings. The molecule has 0 unspecified atom stereocenters. The first-order chi connectivity index (χ1) is 11.0. The summed E-state index contributed by atoms with van der Waals surface area (Å²) in [5.41, 5.74) is 0.942. The molecule has 122 valence electrons. The van der Waals surface area contributed by atoms with Gasteiger partial charge < -0.3 is 14.9 Å². The molecule has 0 atom stereocenters. The summed E-state index contributed by atoms with van der Waals surface area (Å²) in [7, 11) is 3.39. The number of fused-ring (bicyclic) bond motifs is 1. The molecule has 1 aromatic heterocycles. The normalized spacial score (nSPS) is 10.5. The Labute approximate surface area is 131 Å². The van der Waals surface area contributed by atoms with Crippen LogP contribution >= 0.6 is 0 Å². The standard InChI is InChI=1S/C13H16N6O4/c1-17(5-3-4-14)9-8-10(18(2)6-7-20)13(19(21)22)12-11(9)15-23-16-12/h8,20H,3,5-7H2,1-2H3. The lowest BCUT2D eigenvalue weighted by molar-refractivity contribution is -0.382. The zero-order valence-electron chi connectivity index (χ0n) is 12.8. The highest BCUT2D eigenvalue weighted by molar-refractivity contribution is 5.99. The maximum absolute atomic E-state index is 11.4. The number of likely N-dealkylation sites (N-methyl/N-ethyl adjacent to an activating group) is 1. The molecule has 10 nitrogen and oxygen atoms in total. The molecule has 0 fully saturated rings. The lowest BCUT2D eigenvalue weighted by Gasteiger charge is -2.22. The first-order valence-corrected chi connectivity index (χ1v) is 6.85. The zero-order valence-corrected chi connectivity index (χ0v) is 12.8. The maximum Gasteiger partial charge on any atom is 0.323 e. The summed E-state index contributed by atoms with van der Waals surface area (Å²) in [6.07, 6.45) is 0.294. The Hall–Kier alpha value is -2.93. The number of aliphatic hydroxyl groups excluding tert-OH is 1. The van der Waals surface area contributed by atoms with Gasteiger partial charge in [0.05, 0.1) is 29.7 Å². The fourth-order valence-corrected chi connectivity index (χ4v) is 2.27. The molecule has 23 heavy (non-hydrogen) atoms. The Balaban J connectivity index is 2.65. The largest absolute Gasteiger partial charge is 0.395 e. The minimum atomic E-state index is -0.547. The van der Waals surface area contributed by atoms with Gasteiger partial charge in [0.1, 0.15) is 5.69 Å². The third-order valence-electron chi connectivity index (χ3n) is 3.47. The van der Waals surface area contributed by atoms with Crippen molar-refractivity contribution in [3.05, 3.63) is 16.2 Å². The van der Waals surface area contributed by atoms with E-state index in [0.29, 0.717) is 24.3 Å². The van der Waals surface area contributed by atoms with Crippen LogP contribution in [0.15, 0.2) is 10.7 Å². The predicted octanol–water partition coefficient (Wildman–Crippen LogP) is 0.909. The molecule has 1 heterocycles. The third kappa shape index (κ3) is 3.14. The Morgan fingerprint density at radius 3 is 2.57 bits per heavy atom. The molecule has 2 aromatic rings. The second-order valence-corrected chi connectivity index (χ2v) is 4.96. The van der Waals surface area contributed by atoms with E-state index in [2.05, 4.69) is 14.9 Å². The van der Waals surface area contributed by atoms with Crippen LogP contribution in [0.2, 0.25) is 0 Å². The van der Waals surface area contributed by atoms with E-state index in [0.717, 1.165) is 0 Å². The highest BCUT2D eigenvalue weighted by Crippen LogP contribution is 2.39. The molecule has 2 rings (SSSR count). The molecule has 1 N–H and O–H groups in total. The molecule has 0 aliphatic carbocycles. The molecule has 0 saturated carbocycles. The monoisotopic (exact) mass is 320 g/mol. The number of nitro groups is 1. The SMILES string of the molecule is CN(CCO)c1cc(N(C)CCC#N)c2nonc2c1[N+](=O)[O-]. The Morgan fingerprint density at radius 1 is 1.30 bits per heavy atom. The number of nitriles is 1. The maximum atomic E-state index is 11.4. The van der Waals surface area contributed by atoms with Crippen LogP contribution in [0, 0.1) is 21.4 Å². The average Bonchev–Trinajstić information content (AvgIpc) is 2.99. The summed E-state index contributed by atoms with van der Waals surface area (Å²) in [4.78, 5) is 14.2. The molecule has 0 radical (unpaired) electrons. The van der Waals surface area contributed by atoms with Gasteiger partial charge in [0.2, 0.25) is 5.52 Å². The summed E-state index contributed by atoms with van der Waals surface area (Å²) in [5, 5.41) is 36.7. The van der Waals surface area contributed by atoms with Crippen LogP contribution in [0.5, 0.6) is 0 Å². The average molecular weight is 320 g/mol. The van der Waals surface area contributed by atoms with Gasteiger partial charge in [-0.2, -0.15) is 5.26 Å². The van der Waals surface area contributed by atoms with Gasteiger partial charge >= 0.3 is 5.69 Å². The predicted molar refractivity (Wildman–Crippen MR) is 82.3 cm³/mol. The molecular weight excluding hydrogens is 304 g/mol. The van der Waals surface area contributed by atoms with Crippen LogP contribution in [-0.4, -0.2) is 54.1 Å². The van der Waals surface area contributed by atoms with Crippen LogP contribution in [0.1, 0.15) is 6.42 Å². The van der Waals surface area contributed by atoms with E-state index in [4.69, 9.17) is 10.4 Å². The van der Waals surface area contributed by atoms with Crippen molar-refractivity contribution < 1.29 is 14.7 Å². The van der Waals surface area contributed by atoms with Gasteiger partial charge in [-0.15, -0.1) is 0 Å². The summed E-state index contributed by atoms with van der Waals surface area (Å²) in [6, 6.07) is 3.64. The first kappa shape index (κ1) is 16.4. The summed E-state index contributed by atoms with van der Waals surface area (Å²) < 4.78 is 4.68. The van der Waals surface area contributed by atoms with Gasteiger partial charge in [-0.1, -0.05) is 0 Å². The van der Waals surface area contributed by atoms with Crippen molar-refractivity contribution in [1.82, 2.24) is 10.3 Å². The summed E-state index contributed by atoms with van der Waals surface area (Å²) >= 11 is 0. The number of rotatable bonds is 7. The van der Waals surface area contributed by atoms with Crippen LogP contribution in [-0.2, 0) is 0 Å². The number of aliphatic hydroxyl groups is 1. The number of anilines is 2. The molecule has 1 aromatic carbocycles. The van der Waals surface area contributed by atoms with Crippen LogP contribution in [0.4, 0.5) is 17.1 Å². The lowest BCUT2D eigenvalue weighted by atomic mass is 10.1. The second-order valence-electron chi connectivity index (χ2n) is 4.96. The Kier molecular flexibility index (Phi) is 4.92. The molecule has 0 spiro atoms. The highest BCUT2D eigenvalue weighted by atomic mass is 16.6. The molecule has 0 saturated heterocycles. The van der Waals surface area contributed by atoms with Crippen molar-refractivity contribution in [1.29, 1.82) is 5.26 Å².